The van der Waals surface area contributed by atoms with Crippen LogP contribution in [0.25, 0.3) is 0 Å². The van der Waals surface area contributed by atoms with Gasteiger partial charge in [0.15, 0.2) is 11.7 Å². The molecule has 0 bridgehead atoms. The molecule has 9 heteroatoms. The molecule has 0 aliphatic carbocycles. The number of hydrogen-bond acceptors (Lipinski definition) is 5. The van der Waals surface area contributed by atoms with Gasteiger partial charge in [0.2, 0.25) is 0 Å². The molecule has 0 atom stereocenters. The minimum absolute atomic E-state index is 0. The highest BCUT2D eigenvalue weighted by Gasteiger charge is 2.11. The van der Waals surface area contributed by atoms with Gasteiger partial charge in [-0.2, -0.15) is 0 Å². The van der Waals surface area contributed by atoms with Crippen LogP contribution >= 0.6 is 35.3 Å². The Morgan fingerprint density at radius 2 is 2.07 bits per heavy atom. The first-order valence-electron chi connectivity index (χ1n) is 8.85. The number of aliphatic imine (C=N–C) groups is 1. The van der Waals surface area contributed by atoms with Crippen LogP contribution in [-0.2, 0) is 6.42 Å². The molecule has 3 N–H and O–H groups in total. The van der Waals surface area contributed by atoms with Gasteiger partial charge in [0.05, 0.1) is 17.0 Å². The van der Waals surface area contributed by atoms with E-state index in [2.05, 4.69) is 31.3 Å². The number of guanidine groups is 1. The molecule has 0 aliphatic rings. The number of carbonyl (C=O) groups excluding carboxylic acids is 1. The lowest BCUT2D eigenvalue weighted by Gasteiger charge is -2.10. The second-order valence-electron chi connectivity index (χ2n) is 5.84. The van der Waals surface area contributed by atoms with Crippen LogP contribution in [0.15, 0.2) is 27.1 Å². The van der Waals surface area contributed by atoms with Gasteiger partial charge in [0.25, 0.3) is 5.91 Å². The second-order valence-corrected chi connectivity index (χ2v) is 6.90. The van der Waals surface area contributed by atoms with Gasteiger partial charge in [0, 0.05) is 43.5 Å². The zero-order valence-electron chi connectivity index (χ0n) is 16.0. The summed E-state index contributed by atoms with van der Waals surface area (Å²) in [5.74, 6) is 0.980. The highest BCUT2D eigenvalue weighted by molar-refractivity contribution is 14.0. The van der Waals surface area contributed by atoms with Gasteiger partial charge in [-0.15, -0.1) is 35.3 Å². The number of nitrogens with zero attached hydrogens (tertiary/aromatic N) is 2. The number of aromatic nitrogens is 1. The molecule has 27 heavy (non-hydrogen) atoms. The molecule has 0 aromatic carbocycles. The average molecular weight is 505 g/mol. The molecular weight excluding hydrogens is 477 g/mol. The van der Waals surface area contributed by atoms with Crippen molar-refractivity contribution in [2.45, 2.75) is 33.6 Å². The van der Waals surface area contributed by atoms with E-state index in [1.165, 1.54) is 6.26 Å². The van der Waals surface area contributed by atoms with E-state index in [1.807, 2.05) is 20.8 Å². The molecule has 2 aromatic heterocycles. The van der Waals surface area contributed by atoms with Gasteiger partial charge in [-0.05, 0) is 33.3 Å². The van der Waals surface area contributed by atoms with Crippen LogP contribution in [0.5, 0.6) is 0 Å². The first kappa shape index (κ1) is 23.4. The third-order valence-corrected chi connectivity index (χ3v) is 4.47. The van der Waals surface area contributed by atoms with Crippen molar-refractivity contribution in [3.8, 4) is 0 Å². The van der Waals surface area contributed by atoms with Crippen molar-refractivity contribution in [1.82, 2.24) is 20.9 Å². The number of carbonyl (C=O) groups is 1. The first-order valence-corrected chi connectivity index (χ1v) is 9.73. The monoisotopic (exact) mass is 505 g/mol. The van der Waals surface area contributed by atoms with E-state index in [1.54, 1.807) is 17.4 Å². The molecule has 7 nitrogen and oxygen atoms in total. The van der Waals surface area contributed by atoms with Crippen LogP contribution in [0.2, 0.25) is 0 Å². The predicted molar refractivity (Wildman–Crippen MR) is 120 cm³/mol. The van der Waals surface area contributed by atoms with E-state index in [0.29, 0.717) is 18.8 Å². The van der Waals surface area contributed by atoms with Crippen molar-refractivity contribution < 1.29 is 9.21 Å². The fourth-order valence-electron chi connectivity index (χ4n) is 2.33. The van der Waals surface area contributed by atoms with Crippen molar-refractivity contribution >= 4 is 47.2 Å². The van der Waals surface area contributed by atoms with E-state index in [4.69, 9.17) is 4.42 Å². The fourth-order valence-corrected chi connectivity index (χ4v) is 2.98. The Hall–Kier alpha value is -1.62. The number of hydrogen-bond donors (Lipinski definition) is 3. The van der Waals surface area contributed by atoms with E-state index >= 15 is 0 Å². The third-order valence-electron chi connectivity index (χ3n) is 3.64. The topological polar surface area (TPSA) is 91.5 Å². The van der Waals surface area contributed by atoms with Crippen molar-refractivity contribution in [3.63, 3.8) is 0 Å². The maximum atomic E-state index is 11.9. The van der Waals surface area contributed by atoms with E-state index in [0.717, 1.165) is 48.2 Å². The number of rotatable bonds is 9. The van der Waals surface area contributed by atoms with Gasteiger partial charge < -0.3 is 20.4 Å². The maximum Gasteiger partial charge on any atom is 0.287 e. The molecular formula is C18H28IN5O2S. The van der Waals surface area contributed by atoms with Crippen LogP contribution in [0.3, 0.4) is 0 Å². The molecule has 2 aromatic rings. The molecule has 0 unspecified atom stereocenters. The zero-order chi connectivity index (χ0) is 18.8. The minimum atomic E-state index is -0.180. The number of nitrogens with one attached hydrogen (secondary N) is 3. The average Bonchev–Trinajstić information content (AvgIpc) is 3.22. The lowest BCUT2D eigenvalue weighted by atomic mass is 10.2. The van der Waals surface area contributed by atoms with Gasteiger partial charge in [-0.3, -0.25) is 9.79 Å². The van der Waals surface area contributed by atoms with Crippen LogP contribution in [0.1, 0.15) is 40.2 Å². The standard InChI is InChI=1S/C18H27N5O2S.HI/c1-4-19-18(22-10-6-15-12-26-14(3)23-15)21-9-5-8-20-17(24)16-13(2)7-11-25-16;/h7,11-12H,4-6,8-10H2,1-3H3,(H,20,24)(H2,19,21,22);1H. The molecule has 0 spiro atoms. The predicted octanol–water partition coefficient (Wildman–Crippen LogP) is 2.89. The highest BCUT2D eigenvalue weighted by Crippen LogP contribution is 2.08. The van der Waals surface area contributed by atoms with Gasteiger partial charge in [0.1, 0.15) is 0 Å². The molecule has 0 saturated heterocycles. The number of furan rings is 1. The maximum absolute atomic E-state index is 11.9. The number of thiazole rings is 1. The largest absolute Gasteiger partial charge is 0.459 e. The molecule has 2 rings (SSSR count). The van der Waals surface area contributed by atoms with Crippen LogP contribution in [0.4, 0.5) is 0 Å². The molecule has 0 saturated carbocycles. The first-order chi connectivity index (χ1) is 12.6. The van der Waals surface area contributed by atoms with Gasteiger partial charge in [-0.25, -0.2) is 4.98 Å². The SMILES string of the molecule is CCNC(=NCCCNC(=O)c1occc1C)NCCc1csc(C)n1.I. The fraction of sp³-hybridized carbons (Fsp3) is 0.500. The lowest BCUT2D eigenvalue weighted by Crippen LogP contribution is -2.38. The van der Waals surface area contributed by atoms with E-state index in [9.17, 15) is 4.79 Å². The molecule has 150 valence electrons. The summed E-state index contributed by atoms with van der Waals surface area (Å²) in [4.78, 5) is 20.9. The lowest BCUT2D eigenvalue weighted by molar-refractivity contribution is 0.0925. The van der Waals surface area contributed by atoms with Crippen molar-refractivity contribution in [2.75, 3.05) is 26.2 Å². The summed E-state index contributed by atoms with van der Waals surface area (Å²) in [6.07, 6.45) is 3.15. The van der Waals surface area contributed by atoms with Crippen LogP contribution in [-0.4, -0.2) is 43.0 Å². The summed E-state index contributed by atoms with van der Waals surface area (Å²) in [6.45, 7) is 8.66. The second kappa shape index (κ2) is 12.7. The van der Waals surface area contributed by atoms with Gasteiger partial charge in [-0.1, -0.05) is 0 Å². The van der Waals surface area contributed by atoms with E-state index < -0.39 is 0 Å². The zero-order valence-corrected chi connectivity index (χ0v) is 19.1. The quantitative estimate of drug-likeness (QED) is 0.211. The Kier molecular flexibility index (Phi) is 11.0. The number of amides is 1. The number of halogens is 1. The Balaban J connectivity index is 0.00000364. The summed E-state index contributed by atoms with van der Waals surface area (Å²) >= 11 is 1.67. The van der Waals surface area contributed by atoms with Crippen LogP contribution < -0.4 is 16.0 Å². The summed E-state index contributed by atoms with van der Waals surface area (Å²) in [6, 6.07) is 1.78. The summed E-state index contributed by atoms with van der Waals surface area (Å²) in [5, 5.41) is 12.6. The molecule has 0 aliphatic heterocycles. The summed E-state index contributed by atoms with van der Waals surface area (Å²) in [5.41, 5.74) is 1.95. The summed E-state index contributed by atoms with van der Waals surface area (Å²) < 4.78 is 5.17. The van der Waals surface area contributed by atoms with Crippen molar-refractivity contribution in [1.29, 1.82) is 0 Å². The Morgan fingerprint density at radius 3 is 2.70 bits per heavy atom. The Morgan fingerprint density at radius 1 is 1.26 bits per heavy atom. The minimum Gasteiger partial charge on any atom is -0.459 e. The van der Waals surface area contributed by atoms with Crippen LogP contribution in [0, 0.1) is 13.8 Å². The van der Waals surface area contributed by atoms with Gasteiger partial charge >= 0.3 is 0 Å². The third kappa shape index (κ3) is 8.29. The smallest absolute Gasteiger partial charge is 0.287 e. The van der Waals surface area contributed by atoms with Crippen molar-refractivity contribution in [3.05, 3.63) is 39.7 Å². The Bertz CT molecular complexity index is 729. The molecule has 0 fully saturated rings. The molecule has 0 radical (unpaired) electrons. The normalized spacial score (nSPS) is 11.0. The Labute approximate surface area is 181 Å². The molecule has 2 heterocycles. The highest BCUT2D eigenvalue weighted by atomic mass is 127. The number of aryl methyl sites for hydroxylation is 2. The molecule has 1 amide bonds. The van der Waals surface area contributed by atoms with Crippen molar-refractivity contribution in [2.24, 2.45) is 4.99 Å². The summed E-state index contributed by atoms with van der Waals surface area (Å²) in [7, 11) is 0. The van der Waals surface area contributed by atoms with E-state index in [-0.39, 0.29) is 29.9 Å².